The van der Waals surface area contributed by atoms with Gasteiger partial charge in [0.2, 0.25) is 6.10 Å². The largest absolute Gasteiger partial charge is 0.382 e. The molecule has 1 saturated heterocycles. The summed E-state index contributed by atoms with van der Waals surface area (Å²) in [6.07, 6.45) is 3.20. The van der Waals surface area contributed by atoms with E-state index in [1.165, 1.54) is 6.42 Å². The maximum absolute atomic E-state index is 11.3. The van der Waals surface area contributed by atoms with Gasteiger partial charge in [0, 0.05) is 50.4 Å². The minimum Gasteiger partial charge on any atom is -0.382 e. The number of nitrogens with one attached hydrogen (secondary N) is 1. The van der Waals surface area contributed by atoms with E-state index in [4.69, 9.17) is 16.0 Å². The quantitative estimate of drug-likeness (QED) is 0.640. The van der Waals surface area contributed by atoms with E-state index < -0.39 is 12.0 Å². The highest BCUT2D eigenvalue weighted by Gasteiger charge is 2.28. The van der Waals surface area contributed by atoms with Crippen molar-refractivity contribution in [3.8, 4) is 0 Å². The van der Waals surface area contributed by atoms with Crippen LogP contribution >= 0.6 is 0 Å². The molecule has 2 aliphatic rings. The van der Waals surface area contributed by atoms with Crippen molar-refractivity contribution in [2.45, 2.75) is 31.8 Å². The third-order valence-corrected chi connectivity index (χ3v) is 4.72. The van der Waals surface area contributed by atoms with Crippen LogP contribution < -0.4 is 10.6 Å². The molecule has 7 heteroatoms. The monoisotopic (exact) mass is 343 g/mol. The van der Waals surface area contributed by atoms with Gasteiger partial charge in [-0.15, -0.1) is 0 Å². The van der Waals surface area contributed by atoms with Gasteiger partial charge in [-0.2, -0.15) is 0 Å². The van der Waals surface area contributed by atoms with Gasteiger partial charge in [-0.05, 0) is 25.3 Å². The Balaban J connectivity index is 1.86. The highest BCUT2D eigenvalue weighted by molar-refractivity contribution is 6.09. The van der Waals surface area contributed by atoms with Gasteiger partial charge in [0.25, 0.3) is 5.91 Å². The van der Waals surface area contributed by atoms with Crippen molar-refractivity contribution in [1.82, 2.24) is 4.90 Å². The van der Waals surface area contributed by atoms with E-state index in [1.807, 2.05) is 37.2 Å². The molecule has 1 amide bonds. The van der Waals surface area contributed by atoms with Crippen molar-refractivity contribution in [3.05, 3.63) is 29.3 Å². The lowest BCUT2D eigenvalue weighted by Gasteiger charge is -2.29. The number of carbonyl (C=O) groups is 1. The number of hydrogen-bond donors (Lipinski definition) is 2. The van der Waals surface area contributed by atoms with Crippen LogP contribution in [0.4, 0.5) is 5.69 Å². The Kier molecular flexibility index (Phi) is 4.92. The lowest BCUT2D eigenvalue weighted by molar-refractivity contribution is -0.127. The summed E-state index contributed by atoms with van der Waals surface area (Å²) >= 11 is 0. The Hall–Kier alpha value is -2.57. The summed E-state index contributed by atoms with van der Waals surface area (Å²) in [5.74, 6) is 0.0580. The molecule has 1 atom stereocenters. The van der Waals surface area contributed by atoms with E-state index in [2.05, 4.69) is 10.1 Å². The molecular weight excluding hydrogens is 318 g/mol. The number of amidine groups is 1. The molecule has 2 aliphatic heterocycles. The Bertz CT molecular complexity index is 707. The van der Waals surface area contributed by atoms with Gasteiger partial charge in [-0.3, -0.25) is 10.2 Å². The number of anilines is 1. The second kappa shape index (κ2) is 7.13. The van der Waals surface area contributed by atoms with Crippen LogP contribution in [0, 0.1) is 5.41 Å². The number of benzene rings is 1. The number of nitrogens with zero attached hydrogens (tertiary/aromatic N) is 3. The number of amides is 1. The first-order valence-electron chi connectivity index (χ1n) is 8.65. The van der Waals surface area contributed by atoms with Crippen molar-refractivity contribution in [2.75, 3.05) is 32.1 Å². The standard InChI is InChI=1S/C18H25N5O2/c1-22(2)15-10-12(17(19)23-8-4-3-5-9-23)6-7-13(15)14-11-16(18(20)24)25-21-14/h6-7,10,16,19H,3-5,8-9,11H2,1-2H3,(H2,20,24). The van der Waals surface area contributed by atoms with Gasteiger partial charge in [0.1, 0.15) is 5.84 Å². The minimum absolute atomic E-state index is 0.374. The molecule has 134 valence electrons. The SMILES string of the molecule is CN(C)c1cc(C(=N)N2CCCCC2)ccc1C1=NOC(C(N)=O)C1. The molecule has 1 aromatic carbocycles. The normalized spacial score (nSPS) is 20.0. The van der Waals surface area contributed by atoms with E-state index in [9.17, 15) is 4.79 Å². The maximum atomic E-state index is 11.3. The summed E-state index contributed by atoms with van der Waals surface area (Å²) in [6.45, 7) is 1.89. The Morgan fingerprint density at radius 2 is 2.04 bits per heavy atom. The van der Waals surface area contributed by atoms with Crippen LogP contribution in [0.25, 0.3) is 0 Å². The van der Waals surface area contributed by atoms with Gasteiger partial charge in [-0.25, -0.2) is 0 Å². The first-order valence-corrected chi connectivity index (χ1v) is 8.65. The molecule has 3 N–H and O–H groups in total. The highest BCUT2D eigenvalue weighted by atomic mass is 16.6. The van der Waals surface area contributed by atoms with Gasteiger partial charge in [0.05, 0.1) is 5.71 Å². The van der Waals surface area contributed by atoms with Crippen molar-refractivity contribution < 1.29 is 9.63 Å². The summed E-state index contributed by atoms with van der Waals surface area (Å²) in [4.78, 5) is 20.6. The predicted molar refractivity (Wildman–Crippen MR) is 98.2 cm³/mol. The summed E-state index contributed by atoms with van der Waals surface area (Å²) in [6, 6.07) is 5.90. The number of hydrogen-bond acceptors (Lipinski definition) is 5. The average Bonchev–Trinajstić information content (AvgIpc) is 3.11. The van der Waals surface area contributed by atoms with Crippen molar-refractivity contribution in [3.63, 3.8) is 0 Å². The van der Waals surface area contributed by atoms with Gasteiger partial charge in [-0.1, -0.05) is 17.3 Å². The number of piperidine rings is 1. The van der Waals surface area contributed by atoms with Crippen molar-refractivity contribution in [2.24, 2.45) is 10.9 Å². The Morgan fingerprint density at radius 1 is 1.32 bits per heavy atom. The molecule has 0 bridgehead atoms. The molecule has 1 aromatic rings. The number of nitrogens with two attached hydrogens (primary N) is 1. The zero-order valence-electron chi connectivity index (χ0n) is 14.8. The van der Waals surface area contributed by atoms with Crippen molar-refractivity contribution >= 4 is 23.1 Å². The predicted octanol–water partition coefficient (Wildman–Crippen LogP) is 1.54. The van der Waals surface area contributed by atoms with Crippen molar-refractivity contribution in [1.29, 1.82) is 5.41 Å². The summed E-state index contributed by atoms with van der Waals surface area (Å²) in [7, 11) is 3.91. The maximum Gasteiger partial charge on any atom is 0.261 e. The third-order valence-electron chi connectivity index (χ3n) is 4.72. The van der Waals surface area contributed by atoms with Crippen LogP contribution in [0.2, 0.25) is 0 Å². The molecule has 0 spiro atoms. The van der Waals surface area contributed by atoms with Crippen LogP contribution in [-0.4, -0.2) is 55.6 Å². The molecule has 0 aromatic heterocycles. The second-order valence-corrected chi connectivity index (χ2v) is 6.76. The number of carbonyl (C=O) groups excluding carboxylic acids is 1. The summed E-state index contributed by atoms with van der Waals surface area (Å²) < 4.78 is 0. The minimum atomic E-state index is -0.698. The fourth-order valence-electron chi connectivity index (χ4n) is 3.28. The number of likely N-dealkylation sites (tertiary alicyclic amines) is 1. The van der Waals surface area contributed by atoms with Gasteiger partial charge in [0.15, 0.2) is 0 Å². The molecule has 3 rings (SSSR count). The van der Waals surface area contributed by atoms with Crippen LogP contribution in [0.5, 0.6) is 0 Å². The molecular formula is C18H25N5O2. The fourth-order valence-corrected chi connectivity index (χ4v) is 3.28. The van der Waals surface area contributed by atoms with Crippen LogP contribution in [0.3, 0.4) is 0 Å². The molecule has 1 fully saturated rings. The number of oxime groups is 1. The van der Waals surface area contributed by atoms with Gasteiger partial charge >= 0.3 is 0 Å². The lowest BCUT2D eigenvalue weighted by Crippen LogP contribution is -2.35. The molecule has 2 heterocycles. The average molecular weight is 343 g/mol. The fraction of sp³-hybridized carbons (Fsp3) is 0.500. The zero-order chi connectivity index (χ0) is 18.0. The molecule has 0 aliphatic carbocycles. The molecule has 7 nitrogen and oxygen atoms in total. The zero-order valence-corrected chi connectivity index (χ0v) is 14.8. The Morgan fingerprint density at radius 3 is 2.64 bits per heavy atom. The molecule has 25 heavy (non-hydrogen) atoms. The smallest absolute Gasteiger partial charge is 0.261 e. The van der Waals surface area contributed by atoms with Gasteiger partial charge < -0.3 is 20.4 Å². The molecule has 1 unspecified atom stereocenters. The molecule has 0 saturated carbocycles. The van der Waals surface area contributed by atoms with E-state index in [-0.39, 0.29) is 0 Å². The molecule has 0 radical (unpaired) electrons. The second-order valence-electron chi connectivity index (χ2n) is 6.76. The summed E-state index contributed by atoms with van der Waals surface area (Å²) in [5, 5.41) is 12.6. The number of primary amides is 1. The van der Waals surface area contributed by atoms with Crippen LogP contribution in [-0.2, 0) is 9.63 Å². The Labute approximate surface area is 147 Å². The topological polar surface area (TPSA) is 95.0 Å². The van der Waals surface area contributed by atoms with E-state index in [0.29, 0.717) is 18.0 Å². The van der Waals surface area contributed by atoms with E-state index in [1.54, 1.807) is 0 Å². The first kappa shape index (κ1) is 17.3. The highest BCUT2D eigenvalue weighted by Crippen LogP contribution is 2.27. The van der Waals surface area contributed by atoms with Crippen LogP contribution in [0.15, 0.2) is 23.4 Å². The summed E-state index contributed by atoms with van der Waals surface area (Å²) in [5.41, 5.74) is 8.76. The van der Waals surface area contributed by atoms with E-state index >= 15 is 0 Å². The first-order chi connectivity index (χ1) is 12.0. The third kappa shape index (κ3) is 3.60. The van der Waals surface area contributed by atoms with E-state index in [0.717, 1.165) is 42.7 Å². The lowest BCUT2D eigenvalue weighted by atomic mass is 9.99. The van der Waals surface area contributed by atoms with Crippen LogP contribution in [0.1, 0.15) is 36.8 Å². The number of rotatable bonds is 4.